The third-order valence-corrected chi connectivity index (χ3v) is 4.42. The fourth-order valence-corrected chi connectivity index (χ4v) is 3.04. The molecular formula is C20H19NO5. The van der Waals surface area contributed by atoms with Crippen molar-refractivity contribution >= 4 is 17.7 Å². The molecule has 0 spiro atoms. The average molecular weight is 353 g/mol. The lowest BCUT2D eigenvalue weighted by Crippen LogP contribution is -2.49. The van der Waals surface area contributed by atoms with E-state index >= 15 is 0 Å². The molecule has 1 aliphatic rings. The second-order valence-electron chi connectivity index (χ2n) is 6.07. The Labute approximate surface area is 151 Å². The van der Waals surface area contributed by atoms with E-state index in [0.717, 1.165) is 11.1 Å². The summed E-state index contributed by atoms with van der Waals surface area (Å²) >= 11 is 0. The average Bonchev–Trinajstić information content (AvgIpc) is 2.66. The first-order valence-electron chi connectivity index (χ1n) is 8.15. The molecule has 0 atom stereocenters. The highest BCUT2D eigenvalue weighted by Gasteiger charge is 2.32. The molecule has 26 heavy (non-hydrogen) atoms. The number of esters is 2. The first-order valence-corrected chi connectivity index (χ1v) is 8.15. The zero-order valence-electron chi connectivity index (χ0n) is 14.6. The van der Waals surface area contributed by atoms with Crippen molar-refractivity contribution in [2.45, 2.75) is 6.04 Å². The van der Waals surface area contributed by atoms with Crippen molar-refractivity contribution in [2.75, 3.05) is 27.3 Å². The van der Waals surface area contributed by atoms with Gasteiger partial charge >= 0.3 is 11.9 Å². The smallest absolute Gasteiger partial charge is 0.337 e. The first-order chi connectivity index (χ1) is 12.5. The van der Waals surface area contributed by atoms with Gasteiger partial charge in [-0.1, -0.05) is 24.3 Å². The molecule has 1 aliphatic heterocycles. The van der Waals surface area contributed by atoms with Gasteiger partial charge in [0.25, 0.3) is 0 Å². The van der Waals surface area contributed by atoms with Crippen LogP contribution < -0.4 is 0 Å². The van der Waals surface area contributed by atoms with E-state index in [1.54, 1.807) is 24.3 Å². The van der Waals surface area contributed by atoms with Crippen molar-refractivity contribution in [2.24, 2.45) is 0 Å². The highest BCUT2D eigenvalue weighted by Crippen LogP contribution is 2.31. The van der Waals surface area contributed by atoms with Crippen molar-refractivity contribution < 1.29 is 23.9 Å². The Morgan fingerprint density at radius 1 is 0.808 bits per heavy atom. The Balaban J connectivity index is 1.92. The predicted molar refractivity (Wildman–Crippen MR) is 94.0 cm³/mol. The van der Waals surface area contributed by atoms with Crippen LogP contribution in [0.5, 0.6) is 0 Å². The molecular weight excluding hydrogens is 334 g/mol. The van der Waals surface area contributed by atoms with Crippen LogP contribution in [0.1, 0.15) is 37.9 Å². The summed E-state index contributed by atoms with van der Waals surface area (Å²) in [5, 5.41) is 0. The number of ketones is 1. The van der Waals surface area contributed by atoms with Crippen LogP contribution in [0.25, 0.3) is 0 Å². The molecule has 0 radical (unpaired) electrons. The SMILES string of the molecule is COC(=O)c1ccc(C(c2ccc(C(=O)OC)cc2)N2CC(=O)C2)cc1. The largest absolute Gasteiger partial charge is 0.465 e. The van der Waals surface area contributed by atoms with Gasteiger partial charge in [0.15, 0.2) is 5.78 Å². The molecule has 2 aromatic carbocycles. The summed E-state index contributed by atoms with van der Waals surface area (Å²) in [4.78, 5) is 36.8. The molecule has 0 unspecified atom stereocenters. The first kappa shape index (κ1) is 17.8. The molecule has 0 aliphatic carbocycles. The normalized spacial score (nSPS) is 14.0. The molecule has 0 N–H and O–H groups in total. The molecule has 1 fully saturated rings. The Kier molecular flexibility index (Phi) is 5.14. The standard InChI is InChI=1S/C20H19NO5/c1-25-19(23)15-7-3-13(4-8-15)18(21-11-17(22)12-21)14-5-9-16(10-6-14)20(24)26-2/h3-10,18H,11-12H2,1-2H3. The molecule has 3 rings (SSSR count). The molecule has 134 valence electrons. The molecule has 0 saturated carbocycles. The van der Waals surface area contributed by atoms with E-state index in [2.05, 4.69) is 0 Å². The number of ether oxygens (including phenoxy) is 2. The van der Waals surface area contributed by atoms with Gasteiger partial charge < -0.3 is 9.47 Å². The van der Waals surface area contributed by atoms with E-state index < -0.39 is 11.9 Å². The molecule has 2 aromatic rings. The van der Waals surface area contributed by atoms with Crippen molar-refractivity contribution in [3.63, 3.8) is 0 Å². The summed E-state index contributed by atoms with van der Waals surface area (Å²) in [7, 11) is 2.68. The molecule has 0 bridgehead atoms. The van der Waals surface area contributed by atoms with Gasteiger partial charge in [-0.25, -0.2) is 9.59 Å². The molecule has 0 amide bonds. The van der Waals surface area contributed by atoms with Gasteiger partial charge in [-0.15, -0.1) is 0 Å². The van der Waals surface area contributed by atoms with Gasteiger partial charge in [0, 0.05) is 0 Å². The van der Waals surface area contributed by atoms with E-state index in [4.69, 9.17) is 9.47 Å². The number of likely N-dealkylation sites (tertiary alicyclic amines) is 1. The summed E-state index contributed by atoms with van der Waals surface area (Å²) in [6.07, 6.45) is 0. The highest BCUT2D eigenvalue weighted by molar-refractivity contribution is 5.90. The lowest BCUT2D eigenvalue weighted by molar-refractivity contribution is -0.130. The summed E-state index contributed by atoms with van der Waals surface area (Å²) in [5.41, 5.74) is 2.85. The monoisotopic (exact) mass is 353 g/mol. The van der Waals surface area contributed by atoms with Gasteiger partial charge in [0.05, 0.1) is 44.5 Å². The number of methoxy groups -OCH3 is 2. The third-order valence-electron chi connectivity index (χ3n) is 4.42. The van der Waals surface area contributed by atoms with Crippen LogP contribution in [0.3, 0.4) is 0 Å². The number of nitrogens with zero attached hydrogens (tertiary/aromatic N) is 1. The van der Waals surface area contributed by atoms with Crippen LogP contribution in [0.4, 0.5) is 0 Å². The van der Waals surface area contributed by atoms with Gasteiger partial charge in [0.2, 0.25) is 0 Å². The van der Waals surface area contributed by atoms with E-state index in [1.165, 1.54) is 14.2 Å². The number of carbonyl (C=O) groups excluding carboxylic acids is 3. The number of hydrogen-bond acceptors (Lipinski definition) is 6. The number of hydrogen-bond donors (Lipinski definition) is 0. The summed E-state index contributed by atoms with van der Waals surface area (Å²) in [6, 6.07) is 14.1. The maximum absolute atomic E-state index is 11.6. The van der Waals surface area contributed by atoms with Gasteiger partial charge in [-0.2, -0.15) is 0 Å². The Morgan fingerprint density at radius 3 is 1.50 bits per heavy atom. The van der Waals surface area contributed by atoms with E-state index in [0.29, 0.717) is 24.2 Å². The van der Waals surface area contributed by atoms with Gasteiger partial charge in [-0.05, 0) is 35.4 Å². The Hall–Kier alpha value is -2.99. The van der Waals surface area contributed by atoms with Crippen LogP contribution in [0.15, 0.2) is 48.5 Å². The van der Waals surface area contributed by atoms with E-state index in [9.17, 15) is 14.4 Å². The predicted octanol–water partition coefficient (Wildman–Crippen LogP) is 2.23. The lowest BCUT2D eigenvalue weighted by atomic mass is 9.93. The number of Topliss-reactive ketones (excluding diaryl/α,β-unsaturated/α-hetero) is 1. The molecule has 6 nitrogen and oxygen atoms in total. The van der Waals surface area contributed by atoms with E-state index in [-0.39, 0.29) is 11.8 Å². The summed E-state index contributed by atoms with van der Waals surface area (Å²) in [5.74, 6) is -0.600. The fourth-order valence-electron chi connectivity index (χ4n) is 3.04. The summed E-state index contributed by atoms with van der Waals surface area (Å²) < 4.78 is 9.45. The molecule has 6 heteroatoms. The van der Waals surface area contributed by atoms with Crippen LogP contribution in [0.2, 0.25) is 0 Å². The van der Waals surface area contributed by atoms with Crippen molar-refractivity contribution in [1.82, 2.24) is 4.90 Å². The Bertz CT molecular complexity index is 759. The van der Waals surface area contributed by atoms with E-state index in [1.807, 2.05) is 29.2 Å². The zero-order chi connectivity index (χ0) is 18.7. The topological polar surface area (TPSA) is 72.9 Å². The minimum absolute atomic E-state index is 0.133. The minimum Gasteiger partial charge on any atom is -0.465 e. The second kappa shape index (κ2) is 7.49. The maximum Gasteiger partial charge on any atom is 0.337 e. The Morgan fingerprint density at radius 2 is 1.19 bits per heavy atom. The van der Waals surface area contributed by atoms with Crippen LogP contribution in [0, 0.1) is 0 Å². The quantitative estimate of drug-likeness (QED) is 0.768. The third kappa shape index (κ3) is 3.50. The lowest BCUT2D eigenvalue weighted by Gasteiger charge is -2.37. The number of benzene rings is 2. The zero-order valence-corrected chi connectivity index (χ0v) is 14.6. The summed E-state index contributed by atoms with van der Waals surface area (Å²) in [6.45, 7) is 0.754. The highest BCUT2D eigenvalue weighted by atomic mass is 16.5. The maximum atomic E-state index is 11.6. The van der Waals surface area contributed by atoms with Crippen molar-refractivity contribution in [3.05, 3.63) is 70.8 Å². The fraction of sp³-hybridized carbons (Fsp3) is 0.250. The van der Waals surface area contributed by atoms with Crippen LogP contribution >= 0.6 is 0 Å². The van der Waals surface area contributed by atoms with Crippen LogP contribution in [-0.2, 0) is 14.3 Å². The molecule has 1 heterocycles. The number of carbonyl (C=O) groups is 3. The number of rotatable bonds is 5. The molecule has 0 aromatic heterocycles. The molecule has 1 saturated heterocycles. The second-order valence-corrected chi connectivity index (χ2v) is 6.07. The van der Waals surface area contributed by atoms with Crippen molar-refractivity contribution in [1.29, 1.82) is 0 Å². The van der Waals surface area contributed by atoms with Gasteiger partial charge in [-0.3, -0.25) is 9.69 Å². The minimum atomic E-state index is -0.394. The van der Waals surface area contributed by atoms with Gasteiger partial charge in [0.1, 0.15) is 0 Å². The van der Waals surface area contributed by atoms with Crippen LogP contribution in [-0.4, -0.2) is 49.9 Å². The van der Waals surface area contributed by atoms with Crippen molar-refractivity contribution in [3.8, 4) is 0 Å².